The molecule has 1 fully saturated rings. The monoisotopic (exact) mass is 341 g/mol. The van der Waals surface area contributed by atoms with Gasteiger partial charge in [0.05, 0.1) is 10.5 Å². The summed E-state index contributed by atoms with van der Waals surface area (Å²) in [5.74, 6) is -1.89. The first kappa shape index (κ1) is 17.2. The molecule has 124 valence electrons. The highest BCUT2D eigenvalue weighted by molar-refractivity contribution is 7.89. The van der Waals surface area contributed by atoms with Gasteiger partial charge in [0, 0.05) is 19.7 Å². The molecule has 0 radical (unpaired) electrons. The van der Waals surface area contributed by atoms with Crippen molar-refractivity contribution < 1.29 is 31.1 Å². The summed E-state index contributed by atoms with van der Waals surface area (Å²) in [4.78, 5) is -0.605. The van der Waals surface area contributed by atoms with Gasteiger partial charge in [-0.05, 0) is 30.0 Å². The van der Waals surface area contributed by atoms with Crippen LogP contribution in [-0.4, -0.2) is 37.5 Å². The summed E-state index contributed by atoms with van der Waals surface area (Å²) in [5.41, 5.74) is -1.61. The highest BCUT2D eigenvalue weighted by Gasteiger charge is 2.39. The molecule has 4 nitrogen and oxygen atoms in total. The molecule has 1 aromatic carbocycles. The van der Waals surface area contributed by atoms with Crippen LogP contribution < -0.4 is 0 Å². The maximum absolute atomic E-state index is 13.2. The third-order valence-electron chi connectivity index (χ3n) is 3.85. The molecule has 1 heterocycles. The van der Waals surface area contributed by atoms with Crippen LogP contribution in [0.2, 0.25) is 0 Å². The molecule has 0 spiro atoms. The van der Waals surface area contributed by atoms with Gasteiger partial charge in [-0.2, -0.15) is 17.5 Å². The standard InChI is InChI=1S/C13H15F4NO3S/c1-8-5-18(6-9(8)7-19)22(20,21)10-2-3-12(14)11(4-10)13(15,16)17/h2-4,8-9,19H,5-7H2,1H3/t8-,9+/m1/s1. The number of rotatable bonds is 3. The number of hydrogen-bond acceptors (Lipinski definition) is 3. The zero-order chi connectivity index (χ0) is 16.7. The first-order valence-corrected chi connectivity index (χ1v) is 7.99. The molecule has 1 aromatic rings. The van der Waals surface area contributed by atoms with E-state index in [1.165, 1.54) is 0 Å². The Bertz CT molecular complexity index is 660. The first-order chi connectivity index (χ1) is 10.1. The molecule has 2 rings (SSSR count). The maximum atomic E-state index is 13.2. The largest absolute Gasteiger partial charge is 0.419 e. The van der Waals surface area contributed by atoms with Crippen molar-refractivity contribution in [3.8, 4) is 0 Å². The molecule has 1 aliphatic heterocycles. The molecule has 1 saturated heterocycles. The van der Waals surface area contributed by atoms with Crippen molar-refractivity contribution >= 4 is 10.0 Å². The minimum Gasteiger partial charge on any atom is -0.396 e. The van der Waals surface area contributed by atoms with Gasteiger partial charge in [0.2, 0.25) is 10.0 Å². The molecule has 0 bridgehead atoms. The molecule has 0 aromatic heterocycles. The zero-order valence-electron chi connectivity index (χ0n) is 11.6. The third kappa shape index (κ3) is 3.11. The minimum atomic E-state index is -4.97. The van der Waals surface area contributed by atoms with E-state index in [0.717, 1.165) is 10.4 Å². The van der Waals surface area contributed by atoms with Crippen LogP contribution in [0.3, 0.4) is 0 Å². The molecular weight excluding hydrogens is 326 g/mol. The number of hydrogen-bond donors (Lipinski definition) is 1. The van der Waals surface area contributed by atoms with Crippen LogP contribution in [0, 0.1) is 17.7 Å². The van der Waals surface area contributed by atoms with E-state index in [2.05, 4.69) is 0 Å². The first-order valence-electron chi connectivity index (χ1n) is 6.55. The predicted octanol–water partition coefficient (Wildman–Crippen LogP) is 2.09. The second-order valence-electron chi connectivity index (χ2n) is 5.38. The Balaban J connectivity index is 2.39. The summed E-state index contributed by atoms with van der Waals surface area (Å²) >= 11 is 0. The van der Waals surface area contributed by atoms with Gasteiger partial charge in [0.1, 0.15) is 5.82 Å². The molecule has 2 atom stereocenters. The highest BCUT2D eigenvalue weighted by Crippen LogP contribution is 2.34. The number of aliphatic hydroxyl groups is 1. The number of aliphatic hydroxyl groups excluding tert-OH is 1. The van der Waals surface area contributed by atoms with Gasteiger partial charge >= 0.3 is 6.18 Å². The van der Waals surface area contributed by atoms with Crippen LogP contribution in [-0.2, 0) is 16.2 Å². The molecular formula is C13H15F4NO3S. The van der Waals surface area contributed by atoms with E-state index < -0.39 is 32.5 Å². The lowest BCUT2D eigenvalue weighted by atomic mass is 10.00. The number of sulfonamides is 1. The summed E-state index contributed by atoms with van der Waals surface area (Å²) in [6.45, 7) is 1.68. The Labute approximate surface area is 125 Å². The predicted molar refractivity (Wildman–Crippen MR) is 69.9 cm³/mol. The molecule has 0 unspecified atom stereocenters. The van der Waals surface area contributed by atoms with Crippen LogP contribution in [0.15, 0.2) is 23.1 Å². The molecule has 9 heteroatoms. The number of halogens is 4. The Hall–Kier alpha value is -1.19. The Morgan fingerprint density at radius 1 is 1.32 bits per heavy atom. The summed E-state index contributed by atoms with van der Waals surface area (Å²) in [6, 6.07) is 1.62. The lowest BCUT2D eigenvalue weighted by molar-refractivity contribution is -0.140. The van der Waals surface area contributed by atoms with E-state index >= 15 is 0 Å². The number of alkyl halides is 3. The second kappa shape index (κ2) is 5.78. The lowest BCUT2D eigenvalue weighted by Gasteiger charge is -2.17. The lowest BCUT2D eigenvalue weighted by Crippen LogP contribution is -2.29. The van der Waals surface area contributed by atoms with Gasteiger partial charge in [0.15, 0.2) is 0 Å². The smallest absolute Gasteiger partial charge is 0.396 e. The van der Waals surface area contributed by atoms with E-state index in [9.17, 15) is 26.0 Å². The summed E-state index contributed by atoms with van der Waals surface area (Å²) in [7, 11) is -4.16. The summed E-state index contributed by atoms with van der Waals surface area (Å²) < 4.78 is 77.1. The molecule has 1 aliphatic rings. The topological polar surface area (TPSA) is 57.6 Å². The molecule has 0 aliphatic carbocycles. The fraction of sp³-hybridized carbons (Fsp3) is 0.538. The zero-order valence-corrected chi connectivity index (χ0v) is 12.5. The van der Waals surface area contributed by atoms with Crippen LogP contribution in [0.4, 0.5) is 17.6 Å². The SMILES string of the molecule is C[C@@H]1CN(S(=O)(=O)c2ccc(F)c(C(F)(F)F)c2)C[C@H]1CO. The van der Waals surface area contributed by atoms with E-state index in [0.29, 0.717) is 12.1 Å². The fourth-order valence-electron chi connectivity index (χ4n) is 2.45. The van der Waals surface area contributed by atoms with Crippen molar-refractivity contribution in [3.63, 3.8) is 0 Å². The van der Waals surface area contributed by atoms with Crippen LogP contribution in [0.25, 0.3) is 0 Å². The van der Waals surface area contributed by atoms with Gasteiger partial charge < -0.3 is 5.11 Å². The van der Waals surface area contributed by atoms with Gasteiger partial charge in [0.25, 0.3) is 0 Å². The quantitative estimate of drug-likeness (QED) is 0.857. The van der Waals surface area contributed by atoms with E-state index in [1.807, 2.05) is 0 Å². The van der Waals surface area contributed by atoms with E-state index in [1.54, 1.807) is 6.92 Å². The van der Waals surface area contributed by atoms with Crippen molar-refractivity contribution in [2.24, 2.45) is 11.8 Å². The van der Waals surface area contributed by atoms with Crippen molar-refractivity contribution in [1.29, 1.82) is 0 Å². The number of benzene rings is 1. The number of nitrogens with zero attached hydrogens (tertiary/aromatic N) is 1. The van der Waals surface area contributed by atoms with Crippen LogP contribution in [0.1, 0.15) is 12.5 Å². The fourth-order valence-corrected chi connectivity index (χ4v) is 4.08. The van der Waals surface area contributed by atoms with Crippen molar-refractivity contribution in [3.05, 3.63) is 29.6 Å². The van der Waals surface area contributed by atoms with Crippen LogP contribution in [0.5, 0.6) is 0 Å². The Morgan fingerprint density at radius 2 is 1.95 bits per heavy atom. The van der Waals surface area contributed by atoms with Crippen LogP contribution >= 0.6 is 0 Å². The Kier molecular flexibility index (Phi) is 4.51. The second-order valence-corrected chi connectivity index (χ2v) is 7.32. The van der Waals surface area contributed by atoms with E-state index in [4.69, 9.17) is 5.11 Å². The van der Waals surface area contributed by atoms with Crippen molar-refractivity contribution in [2.45, 2.75) is 18.0 Å². The normalized spacial score (nSPS) is 23.9. The van der Waals surface area contributed by atoms with Gasteiger partial charge in [-0.1, -0.05) is 6.92 Å². The summed E-state index contributed by atoms with van der Waals surface area (Å²) in [5, 5.41) is 9.16. The average Bonchev–Trinajstić information content (AvgIpc) is 2.79. The average molecular weight is 341 g/mol. The third-order valence-corrected chi connectivity index (χ3v) is 5.68. The molecule has 1 N–H and O–H groups in total. The van der Waals surface area contributed by atoms with E-state index in [-0.39, 0.29) is 31.5 Å². The Morgan fingerprint density at radius 3 is 2.45 bits per heavy atom. The van der Waals surface area contributed by atoms with Crippen molar-refractivity contribution in [1.82, 2.24) is 4.31 Å². The minimum absolute atomic E-state index is 0.0265. The molecule has 22 heavy (non-hydrogen) atoms. The maximum Gasteiger partial charge on any atom is 0.419 e. The molecule has 0 amide bonds. The highest BCUT2D eigenvalue weighted by atomic mass is 32.2. The summed E-state index contributed by atoms with van der Waals surface area (Å²) in [6.07, 6.45) is -4.97. The van der Waals surface area contributed by atoms with Gasteiger partial charge in [-0.25, -0.2) is 12.8 Å². The van der Waals surface area contributed by atoms with Gasteiger partial charge in [-0.3, -0.25) is 0 Å². The molecule has 0 saturated carbocycles. The van der Waals surface area contributed by atoms with Gasteiger partial charge in [-0.15, -0.1) is 0 Å². The van der Waals surface area contributed by atoms with Crippen molar-refractivity contribution in [2.75, 3.05) is 19.7 Å².